The summed E-state index contributed by atoms with van der Waals surface area (Å²) in [6, 6.07) is 8.53. The summed E-state index contributed by atoms with van der Waals surface area (Å²) >= 11 is 0. The van der Waals surface area contributed by atoms with Crippen molar-refractivity contribution in [2.75, 3.05) is 0 Å². The summed E-state index contributed by atoms with van der Waals surface area (Å²) in [4.78, 5) is 0. The molecule has 2 heteroatoms. The highest BCUT2D eigenvalue weighted by Gasteiger charge is 2.32. The van der Waals surface area contributed by atoms with Crippen LogP contribution in [0, 0.1) is 0 Å². The molecule has 0 bridgehead atoms. The maximum atomic E-state index is 6.31. The van der Waals surface area contributed by atoms with Crippen LogP contribution in [0.15, 0.2) is 54.8 Å². The molecule has 0 aliphatic carbocycles. The molecule has 0 aromatic heterocycles. The van der Waals surface area contributed by atoms with E-state index in [1.807, 2.05) is 12.2 Å². The van der Waals surface area contributed by atoms with Crippen LogP contribution in [0.3, 0.4) is 0 Å². The monoisotopic (exact) mass is 284 g/mol. The quantitative estimate of drug-likeness (QED) is 0.512. The van der Waals surface area contributed by atoms with Gasteiger partial charge in [0.05, 0.1) is 8.07 Å². The van der Waals surface area contributed by atoms with Gasteiger partial charge in [-0.2, -0.15) is 0 Å². The second-order valence-electron chi connectivity index (χ2n) is 6.27. The minimum Gasteiger partial charge on any atom is -0.485 e. The van der Waals surface area contributed by atoms with Gasteiger partial charge in [0.2, 0.25) is 0 Å². The number of ether oxygens (including phenoxy) is 1. The van der Waals surface area contributed by atoms with Crippen LogP contribution in [0.2, 0.25) is 19.6 Å². The van der Waals surface area contributed by atoms with Crippen LogP contribution in [-0.2, 0) is 4.74 Å². The van der Waals surface area contributed by atoms with Gasteiger partial charge in [0.1, 0.15) is 11.9 Å². The second-order valence-corrected chi connectivity index (χ2v) is 11.4. The van der Waals surface area contributed by atoms with Crippen LogP contribution in [0.1, 0.15) is 30.1 Å². The molecule has 0 saturated carbocycles. The van der Waals surface area contributed by atoms with E-state index in [1.165, 1.54) is 16.3 Å². The Morgan fingerprint density at radius 1 is 1.20 bits per heavy atom. The van der Waals surface area contributed by atoms with Gasteiger partial charge in [-0.15, -0.1) is 13.2 Å². The third-order valence-electron chi connectivity index (χ3n) is 3.72. The van der Waals surface area contributed by atoms with Gasteiger partial charge >= 0.3 is 0 Å². The van der Waals surface area contributed by atoms with E-state index in [2.05, 4.69) is 57.1 Å². The normalized spacial score (nSPS) is 20.1. The van der Waals surface area contributed by atoms with E-state index in [1.54, 1.807) is 0 Å². The van der Waals surface area contributed by atoms with Gasteiger partial charge in [-0.05, 0) is 11.6 Å². The van der Waals surface area contributed by atoms with Crippen molar-refractivity contribution in [1.82, 2.24) is 0 Å². The molecule has 1 aromatic rings. The fourth-order valence-electron chi connectivity index (χ4n) is 2.70. The molecular weight excluding hydrogens is 260 g/mol. The predicted molar refractivity (Wildman–Crippen MR) is 90.2 cm³/mol. The van der Waals surface area contributed by atoms with Crippen LogP contribution >= 0.6 is 0 Å². The van der Waals surface area contributed by atoms with Crippen LogP contribution < -0.4 is 0 Å². The highest BCUT2D eigenvalue weighted by molar-refractivity contribution is 6.83. The number of hydrogen-bond acceptors (Lipinski definition) is 1. The molecule has 106 valence electrons. The Kier molecular flexibility index (Phi) is 4.34. The molecule has 0 N–H and O–H groups in total. The molecule has 1 atom stereocenters. The lowest BCUT2D eigenvalue weighted by atomic mass is 10.0. The lowest BCUT2D eigenvalue weighted by Gasteiger charge is -2.23. The third-order valence-corrected chi connectivity index (χ3v) is 5.96. The molecule has 1 aliphatic heterocycles. The fraction of sp³-hybridized carbons (Fsp3) is 0.333. The Labute approximate surface area is 123 Å². The molecule has 0 amide bonds. The Morgan fingerprint density at radius 3 is 2.50 bits per heavy atom. The van der Waals surface area contributed by atoms with E-state index in [4.69, 9.17) is 4.74 Å². The summed E-state index contributed by atoms with van der Waals surface area (Å²) in [5.41, 5.74) is 2.56. The van der Waals surface area contributed by atoms with E-state index in [0.717, 1.165) is 18.6 Å². The summed E-state index contributed by atoms with van der Waals surface area (Å²) in [7, 11) is -1.44. The number of allylic oxidation sites excluding steroid dienone is 2. The zero-order valence-electron chi connectivity index (χ0n) is 12.8. The zero-order valence-corrected chi connectivity index (χ0v) is 13.8. The summed E-state index contributed by atoms with van der Waals surface area (Å²) in [6.07, 6.45) is 5.82. The van der Waals surface area contributed by atoms with Crippen molar-refractivity contribution in [2.24, 2.45) is 0 Å². The van der Waals surface area contributed by atoms with E-state index < -0.39 is 8.07 Å². The van der Waals surface area contributed by atoms with Gasteiger partial charge in [0.15, 0.2) is 0 Å². The molecule has 1 nitrogen and oxygen atoms in total. The van der Waals surface area contributed by atoms with Crippen molar-refractivity contribution in [1.29, 1.82) is 0 Å². The summed E-state index contributed by atoms with van der Waals surface area (Å²) in [5.74, 6) is 1.10. The second kappa shape index (κ2) is 5.84. The van der Waals surface area contributed by atoms with Crippen molar-refractivity contribution in [2.45, 2.75) is 38.6 Å². The van der Waals surface area contributed by atoms with Crippen molar-refractivity contribution < 1.29 is 4.74 Å². The zero-order chi connectivity index (χ0) is 14.8. The highest BCUT2D eigenvalue weighted by Crippen LogP contribution is 2.44. The lowest BCUT2D eigenvalue weighted by molar-refractivity contribution is 0.190. The van der Waals surface area contributed by atoms with Gasteiger partial charge in [0, 0.05) is 17.5 Å². The number of fused-ring (bicyclic) bond motifs is 1. The lowest BCUT2D eigenvalue weighted by Crippen LogP contribution is -2.25. The predicted octanol–water partition coefficient (Wildman–Crippen LogP) is 5.50. The Balaban J connectivity index is 2.57. The standard InChI is InChI=1S/C18H24OSi/c1-6-10-16-14-12-8-9-13-15(14)18(19-16)17(11-7-2)20(3,4)5/h6-9,12-13,16H,1-2,10-11H2,3-5H3/b18-17-. The third kappa shape index (κ3) is 2.80. The number of rotatable bonds is 5. The molecule has 1 aromatic carbocycles. The number of hydrogen-bond donors (Lipinski definition) is 0. The minimum absolute atomic E-state index is 0.120. The van der Waals surface area contributed by atoms with E-state index in [-0.39, 0.29) is 6.10 Å². The van der Waals surface area contributed by atoms with Crippen LogP contribution in [0.25, 0.3) is 5.76 Å². The minimum atomic E-state index is -1.44. The van der Waals surface area contributed by atoms with Gasteiger partial charge in [-0.3, -0.25) is 0 Å². The average molecular weight is 284 g/mol. The van der Waals surface area contributed by atoms with Gasteiger partial charge in [0.25, 0.3) is 0 Å². The molecule has 0 saturated heterocycles. The van der Waals surface area contributed by atoms with Gasteiger partial charge in [-0.25, -0.2) is 0 Å². The topological polar surface area (TPSA) is 9.23 Å². The maximum absolute atomic E-state index is 6.31. The smallest absolute Gasteiger partial charge is 0.128 e. The van der Waals surface area contributed by atoms with Crippen LogP contribution in [-0.4, -0.2) is 8.07 Å². The largest absolute Gasteiger partial charge is 0.485 e. The molecule has 1 aliphatic rings. The van der Waals surface area contributed by atoms with Crippen LogP contribution in [0.5, 0.6) is 0 Å². The first-order chi connectivity index (χ1) is 9.49. The average Bonchev–Trinajstić information content (AvgIpc) is 2.74. The van der Waals surface area contributed by atoms with Crippen LogP contribution in [0.4, 0.5) is 0 Å². The van der Waals surface area contributed by atoms with Crippen molar-refractivity contribution in [3.63, 3.8) is 0 Å². The molecule has 1 heterocycles. The molecule has 20 heavy (non-hydrogen) atoms. The summed E-state index contributed by atoms with van der Waals surface area (Å²) < 4.78 is 6.31. The molecule has 0 fully saturated rings. The first kappa shape index (κ1) is 14.9. The van der Waals surface area contributed by atoms with E-state index >= 15 is 0 Å². The van der Waals surface area contributed by atoms with Crippen molar-refractivity contribution >= 4 is 13.8 Å². The Morgan fingerprint density at radius 2 is 1.90 bits per heavy atom. The van der Waals surface area contributed by atoms with E-state index in [0.29, 0.717) is 0 Å². The highest BCUT2D eigenvalue weighted by atomic mass is 28.3. The van der Waals surface area contributed by atoms with E-state index in [9.17, 15) is 0 Å². The Hall–Kier alpha value is -1.54. The summed E-state index contributed by atoms with van der Waals surface area (Å²) in [5, 5.41) is 1.45. The molecular formula is C18H24OSi. The SMILES string of the molecule is C=CC/C(=C1/OC(CC=C)c2ccccc21)[Si](C)(C)C. The number of benzene rings is 1. The van der Waals surface area contributed by atoms with Crippen molar-refractivity contribution in [3.8, 4) is 0 Å². The van der Waals surface area contributed by atoms with Gasteiger partial charge in [-0.1, -0.05) is 56.1 Å². The molecule has 0 spiro atoms. The molecule has 0 radical (unpaired) electrons. The fourth-order valence-corrected chi connectivity index (χ4v) is 4.33. The first-order valence-electron chi connectivity index (χ1n) is 7.20. The Bertz CT molecular complexity index is 549. The van der Waals surface area contributed by atoms with Crippen molar-refractivity contribution in [3.05, 3.63) is 65.9 Å². The molecule has 1 unspecified atom stereocenters. The molecule has 2 rings (SSSR count). The van der Waals surface area contributed by atoms with Gasteiger partial charge < -0.3 is 4.74 Å². The maximum Gasteiger partial charge on any atom is 0.128 e. The summed E-state index contributed by atoms with van der Waals surface area (Å²) in [6.45, 7) is 14.9. The first-order valence-corrected chi connectivity index (χ1v) is 10.7.